The van der Waals surface area contributed by atoms with Gasteiger partial charge in [-0.15, -0.1) is 0 Å². The van der Waals surface area contributed by atoms with Gasteiger partial charge in [-0.2, -0.15) is 13.2 Å². The molecule has 22 heavy (non-hydrogen) atoms. The first-order chi connectivity index (χ1) is 10.1. The number of aromatic nitrogens is 1. The van der Waals surface area contributed by atoms with Crippen LogP contribution in [-0.2, 0) is 16.0 Å². The van der Waals surface area contributed by atoms with E-state index in [9.17, 15) is 21.6 Å². The molecule has 0 bridgehead atoms. The van der Waals surface area contributed by atoms with E-state index in [-0.39, 0.29) is 17.6 Å². The average molecular weight is 338 g/mol. The predicted molar refractivity (Wildman–Crippen MR) is 74.3 cm³/mol. The van der Waals surface area contributed by atoms with E-state index in [4.69, 9.17) is 4.74 Å². The molecule has 0 spiro atoms. The number of nitrogens with one attached hydrogen (secondary N) is 1. The fourth-order valence-electron chi connectivity index (χ4n) is 2.33. The molecule has 2 heterocycles. The van der Waals surface area contributed by atoms with Gasteiger partial charge >= 0.3 is 6.18 Å². The zero-order valence-corrected chi connectivity index (χ0v) is 12.7. The highest BCUT2D eigenvalue weighted by molar-refractivity contribution is 7.90. The highest BCUT2D eigenvalue weighted by Crippen LogP contribution is 2.29. The zero-order chi connectivity index (χ0) is 16.4. The van der Waals surface area contributed by atoms with Gasteiger partial charge in [-0.3, -0.25) is 0 Å². The Morgan fingerprint density at radius 1 is 1.45 bits per heavy atom. The van der Waals surface area contributed by atoms with Crippen LogP contribution in [-0.4, -0.2) is 44.6 Å². The number of nitrogens with zero attached hydrogens (tertiary/aromatic N) is 1. The first-order valence-electron chi connectivity index (χ1n) is 6.73. The lowest BCUT2D eigenvalue weighted by Gasteiger charge is -2.23. The minimum atomic E-state index is -4.47. The van der Waals surface area contributed by atoms with Gasteiger partial charge in [0.2, 0.25) is 5.88 Å². The molecule has 0 unspecified atom stereocenters. The van der Waals surface area contributed by atoms with E-state index in [1.165, 1.54) is 0 Å². The maximum absolute atomic E-state index is 12.5. The molecule has 0 aromatic carbocycles. The minimum Gasteiger partial charge on any atom is -0.473 e. The lowest BCUT2D eigenvalue weighted by Crippen LogP contribution is -2.35. The maximum Gasteiger partial charge on any atom is 0.417 e. The van der Waals surface area contributed by atoms with Crippen molar-refractivity contribution in [3.63, 3.8) is 0 Å². The van der Waals surface area contributed by atoms with Gasteiger partial charge in [-0.25, -0.2) is 13.4 Å². The fraction of sp³-hybridized carbons (Fsp3) is 0.615. The van der Waals surface area contributed by atoms with Gasteiger partial charge in [-0.05, 0) is 19.0 Å². The smallest absolute Gasteiger partial charge is 0.417 e. The third kappa shape index (κ3) is 4.84. The van der Waals surface area contributed by atoms with Crippen molar-refractivity contribution in [1.82, 2.24) is 10.3 Å². The molecular weight excluding hydrogens is 321 g/mol. The Balaban J connectivity index is 2.12. The number of alkyl halides is 3. The van der Waals surface area contributed by atoms with Crippen LogP contribution in [0.4, 0.5) is 13.2 Å². The molecule has 0 saturated carbocycles. The highest BCUT2D eigenvalue weighted by atomic mass is 32.2. The number of hydrogen-bond acceptors (Lipinski definition) is 5. The third-order valence-electron chi connectivity index (χ3n) is 3.43. The Morgan fingerprint density at radius 2 is 2.18 bits per heavy atom. The fourth-order valence-corrected chi connectivity index (χ4v) is 3.27. The van der Waals surface area contributed by atoms with Gasteiger partial charge < -0.3 is 10.1 Å². The van der Waals surface area contributed by atoms with Crippen LogP contribution in [0.25, 0.3) is 0 Å². The molecule has 0 amide bonds. The molecule has 1 N–H and O–H groups in total. The molecule has 1 aliphatic heterocycles. The predicted octanol–water partition coefficient (Wildman–Crippen LogP) is 1.50. The number of hydrogen-bond donors (Lipinski definition) is 1. The van der Waals surface area contributed by atoms with Gasteiger partial charge in [0.25, 0.3) is 0 Å². The minimum absolute atomic E-state index is 0.00597. The summed E-state index contributed by atoms with van der Waals surface area (Å²) in [5.41, 5.74) is -0.873. The van der Waals surface area contributed by atoms with E-state index in [0.717, 1.165) is 31.4 Å². The average Bonchev–Trinajstić information content (AvgIpc) is 2.89. The van der Waals surface area contributed by atoms with Crippen molar-refractivity contribution in [2.24, 2.45) is 5.92 Å². The van der Waals surface area contributed by atoms with Crippen LogP contribution < -0.4 is 10.1 Å². The van der Waals surface area contributed by atoms with Crippen molar-refractivity contribution in [3.8, 4) is 5.88 Å². The van der Waals surface area contributed by atoms with Crippen LogP contribution in [0.3, 0.4) is 0 Å². The molecule has 124 valence electrons. The van der Waals surface area contributed by atoms with Crippen molar-refractivity contribution in [3.05, 3.63) is 23.9 Å². The monoisotopic (exact) mass is 338 g/mol. The third-order valence-corrected chi connectivity index (χ3v) is 4.36. The van der Waals surface area contributed by atoms with Gasteiger partial charge in [0.15, 0.2) is 9.84 Å². The zero-order valence-electron chi connectivity index (χ0n) is 11.9. The standard InChI is InChI=1S/C13H17F3N2O3S/c1-22(19,20)8-11(9-4-5-17-6-9)21-12-3-2-10(7-18-12)13(14,15)16/h2-3,7,9,11,17H,4-6,8H2,1H3/t9-,11-/m1/s1. The summed E-state index contributed by atoms with van der Waals surface area (Å²) in [6, 6.07) is 1.98. The number of rotatable bonds is 5. The maximum atomic E-state index is 12.5. The van der Waals surface area contributed by atoms with E-state index < -0.39 is 27.7 Å². The first kappa shape index (κ1) is 17.0. The Labute approximate surface area is 126 Å². The summed E-state index contributed by atoms with van der Waals surface area (Å²) in [4.78, 5) is 3.63. The summed E-state index contributed by atoms with van der Waals surface area (Å²) in [5.74, 6) is -0.213. The molecular formula is C13H17F3N2O3S. The Kier molecular flexibility index (Phi) is 4.96. The first-order valence-corrected chi connectivity index (χ1v) is 8.79. The summed E-state index contributed by atoms with van der Waals surface area (Å²) in [7, 11) is -3.27. The van der Waals surface area contributed by atoms with Crippen LogP contribution in [0.15, 0.2) is 18.3 Å². The summed E-state index contributed by atoms with van der Waals surface area (Å²) in [6.07, 6.45) is -2.56. The van der Waals surface area contributed by atoms with Gasteiger partial charge in [0, 0.05) is 31.0 Å². The second kappa shape index (κ2) is 6.41. The molecule has 1 fully saturated rings. The van der Waals surface area contributed by atoms with E-state index in [2.05, 4.69) is 10.3 Å². The van der Waals surface area contributed by atoms with Crippen molar-refractivity contribution < 1.29 is 26.3 Å². The molecule has 0 aliphatic carbocycles. The molecule has 1 aromatic rings. The molecule has 1 aromatic heterocycles. The molecule has 1 saturated heterocycles. The van der Waals surface area contributed by atoms with Crippen molar-refractivity contribution in [2.75, 3.05) is 25.1 Å². The van der Waals surface area contributed by atoms with Crippen molar-refractivity contribution >= 4 is 9.84 Å². The molecule has 2 atom stereocenters. The Morgan fingerprint density at radius 3 is 2.64 bits per heavy atom. The van der Waals surface area contributed by atoms with Crippen molar-refractivity contribution in [1.29, 1.82) is 0 Å². The highest BCUT2D eigenvalue weighted by Gasteiger charge is 2.32. The molecule has 5 nitrogen and oxygen atoms in total. The van der Waals surface area contributed by atoms with E-state index >= 15 is 0 Å². The largest absolute Gasteiger partial charge is 0.473 e. The summed E-state index contributed by atoms with van der Waals surface area (Å²) < 4.78 is 66.0. The van der Waals surface area contributed by atoms with Gasteiger partial charge in [0.05, 0.1) is 11.3 Å². The van der Waals surface area contributed by atoms with Gasteiger partial charge in [-0.1, -0.05) is 0 Å². The number of ether oxygens (including phenoxy) is 1. The number of pyridine rings is 1. The summed E-state index contributed by atoms with van der Waals surface area (Å²) in [6.45, 7) is 1.37. The van der Waals surface area contributed by atoms with E-state index in [1.807, 2.05) is 0 Å². The summed E-state index contributed by atoms with van der Waals surface area (Å²) in [5, 5.41) is 3.11. The summed E-state index contributed by atoms with van der Waals surface area (Å²) >= 11 is 0. The quantitative estimate of drug-likeness (QED) is 0.881. The lowest BCUT2D eigenvalue weighted by atomic mass is 10.0. The Bertz CT molecular complexity index is 596. The Hall–Kier alpha value is -1.35. The molecule has 9 heteroatoms. The number of sulfone groups is 1. The molecule has 0 radical (unpaired) electrons. The molecule has 1 aliphatic rings. The van der Waals surface area contributed by atoms with Gasteiger partial charge in [0.1, 0.15) is 6.10 Å². The normalized spacial score (nSPS) is 20.8. The van der Waals surface area contributed by atoms with Crippen molar-refractivity contribution in [2.45, 2.75) is 18.7 Å². The van der Waals surface area contributed by atoms with Crippen LogP contribution >= 0.6 is 0 Å². The SMILES string of the molecule is CS(=O)(=O)C[C@@H](Oc1ccc(C(F)(F)F)cn1)[C@@H]1CCNC1. The van der Waals surface area contributed by atoms with E-state index in [0.29, 0.717) is 12.7 Å². The van der Waals surface area contributed by atoms with Crippen LogP contribution in [0.1, 0.15) is 12.0 Å². The van der Waals surface area contributed by atoms with E-state index in [1.54, 1.807) is 0 Å². The lowest BCUT2D eigenvalue weighted by molar-refractivity contribution is -0.137. The van der Waals surface area contributed by atoms with Crippen LogP contribution in [0.2, 0.25) is 0 Å². The second-order valence-electron chi connectivity index (χ2n) is 5.38. The van der Waals surface area contributed by atoms with Crippen LogP contribution in [0.5, 0.6) is 5.88 Å². The van der Waals surface area contributed by atoms with Crippen LogP contribution in [0, 0.1) is 5.92 Å². The molecule has 2 rings (SSSR count). The topological polar surface area (TPSA) is 68.3 Å². The second-order valence-corrected chi connectivity index (χ2v) is 7.57. The number of halogens is 3.